The van der Waals surface area contributed by atoms with E-state index in [1.807, 2.05) is 9.34 Å². The summed E-state index contributed by atoms with van der Waals surface area (Å²) < 4.78 is 26.6. The summed E-state index contributed by atoms with van der Waals surface area (Å²) in [6, 6.07) is 0. The molecule has 82 valence electrons. The number of rotatable bonds is 2. The lowest BCUT2D eigenvalue weighted by atomic mass is 10.5. The first kappa shape index (κ1) is 10.6. The molecular weight excluding hydrogens is 203 g/mol. The van der Waals surface area contributed by atoms with Gasteiger partial charge in [0.2, 0.25) is 8.10 Å². The van der Waals surface area contributed by atoms with E-state index in [-0.39, 0.29) is 0 Å². The fraction of sp³-hybridized carbons (Fsp3) is 1.00. The molecule has 0 radical (unpaired) electrons. The van der Waals surface area contributed by atoms with E-state index in [1.54, 1.807) is 0 Å². The molecule has 14 heavy (non-hydrogen) atoms. The van der Waals surface area contributed by atoms with E-state index < -0.39 is 8.10 Å². The Hall–Kier alpha value is 0.0700. The van der Waals surface area contributed by atoms with Crippen LogP contribution in [0.15, 0.2) is 0 Å². The summed E-state index contributed by atoms with van der Waals surface area (Å²) in [5.41, 5.74) is 0. The Labute approximate surface area is 84.8 Å². The van der Waals surface area contributed by atoms with Gasteiger partial charge in [-0.3, -0.25) is 4.57 Å². The van der Waals surface area contributed by atoms with Crippen LogP contribution < -0.4 is 0 Å². The van der Waals surface area contributed by atoms with Crippen molar-refractivity contribution in [2.75, 3.05) is 52.6 Å². The van der Waals surface area contributed by atoms with Crippen molar-refractivity contribution in [2.45, 2.75) is 0 Å². The van der Waals surface area contributed by atoms with Crippen LogP contribution in [0.2, 0.25) is 0 Å². The zero-order chi connectivity index (χ0) is 9.80. The van der Waals surface area contributed by atoms with E-state index >= 15 is 0 Å². The van der Waals surface area contributed by atoms with Gasteiger partial charge < -0.3 is 9.47 Å². The Morgan fingerprint density at radius 3 is 1.50 bits per heavy atom. The smallest absolute Gasteiger partial charge is 0.205 e. The minimum atomic E-state index is -1.73. The molecule has 0 bridgehead atoms. The molecule has 2 rings (SSSR count). The van der Waals surface area contributed by atoms with Gasteiger partial charge in [-0.1, -0.05) is 0 Å². The van der Waals surface area contributed by atoms with Crippen molar-refractivity contribution in [1.82, 2.24) is 9.34 Å². The molecule has 0 unspecified atom stereocenters. The fourth-order valence-corrected chi connectivity index (χ4v) is 3.24. The molecule has 0 N–H and O–H groups in total. The van der Waals surface area contributed by atoms with Crippen LogP contribution in [0.25, 0.3) is 0 Å². The van der Waals surface area contributed by atoms with E-state index in [1.165, 1.54) is 0 Å². The van der Waals surface area contributed by atoms with E-state index in [4.69, 9.17) is 9.47 Å². The summed E-state index contributed by atoms with van der Waals surface area (Å²) in [6.07, 6.45) is 0. The molecule has 0 aliphatic carbocycles. The predicted octanol–water partition coefficient (Wildman–Crippen LogP) is 0.0405. The SMILES string of the molecule is O=[PH](N1CCOCC1)N1CCOCC1. The second kappa shape index (κ2) is 5.24. The lowest BCUT2D eigenvalue weighted by molar-refractivity contribution is 0.0560. The summed E-state index contributed by atoms with van der Waals surface area (Å²) in [6.45, 7) is 6.04. The van der Waals surface area contributed by atoms with Crippen LogP contribution in [0.3, 0.4) is 0 Å². The van der Waals surface area contributed by atoms with Gasteiger partial charge in [0.1, 0.15) is 0 Å². The minimum absolute atomic E-state index is 0.709. The first-order chi connectivity index (χ1) is 6.88. The lowest BCUT2D eigenvalue weighted by Crippen LogP contribution is -2.38. The minimum Gasteiger partial charge on any atom is -0.379 e. The molecule has 2 aliphatic heterocycles. The molecule has 0 amide bonds. The normalized spacial score (nSPS) is 26.9. The first-order valence-corrected chi connectivity index (χ1v) is 6.37. The van der Waals surface area contributed by atoms with Crippen molar-refractivity contribution >= 4 is 8.10 Å². The van der Waals surface area contributed by atoms with Gasteiger partial charge in [-0.05, 0) is 0 Å². The summed E-state index contributed by atoms with van der Waals surface area (Å²) in [5, 5.41) is 0. The molecule has 0 aromatic rings. The highest BCUT2D eigenvalue weighted by atomic mass is 31.1. The Kier molecular flexibility index (Phi) is 3.96. The van der Waals surface area contributed by atoms with Crippen LogP contribution in [-0.4, -0.2) is 61.9 Å². The van der Waals surface area contributed by atoms with Crippen LogP contribution in [0.5, 0.6) is 0 Å². The molecule has 0 spiro atoms. The maximum absolute atomic E-state index is 12.1. The monoisotopic (exact) mass is 220 g/mol. The third kappa shape index (κ3) is 2.55. The molecule has 2 heterocycles. The summed E-state index contributed by atoms with van der Waals surface area (Å²) in [4.78, 5) is 0. The zero-order valence-electron chi connectivity index (χ0n) is 8.28. The summed E-state index contributed by atoms with van der Waals surface area (Å²) in [7, 11) is -1.73. The molecule has 6 heteroatoms. The number of morpholine rings is 2. The molecule has 0 saturated carbocycles. The highest BCUT2D eigenvalue weighted by Crippen LogP contribution is 2.32. The summed E-state index contributed by atoms with van der Waals surface area (Å²) in [5.74, 6) is 0. The molecule has 5 nitrogen and oxygen atoms in total. The van der Waals surface area contributed by atoms with E-state index in [0.717, 1.165) is 26.2 Å². The molecule has 2 saturated heterocycles. The topological polar surface area (TPSA) is 42.0 Å². The van der Waals surface area contributed by atoms with Crippen LogP contribution in [-0.2, 0) is 14.0 Å². The van der Waals surface area contributed by atoms with Gasteiger partial charge in [0.25, 0.3) is 0 Å². The van der Waals surface area contributed by atoms with Crippen molar-refractivity contribution in [3.63, 3.8) is 0 Å². The summed E-state index contributed by atoms with van der Waals surface area (Å²) >= 11 is 0. The van der Waals surface area contributed by atoms with Gasteiger partial charge in [0.05, 0.1) is 26.4 Å². The maximum Gasteiger partial charge on any atom is 0.205 e. The predicted molar refractivity (Wildman–Crippen MR) is 53.8 cm³/mol. The van der Waals surface area contributed by atoms with Gasteiger partial charge in [-0.15, -0.1) is 0 Å². The lowest BCUT2D eigenvalue weighted by Gasteiger charge is -2.33. The van der Waals surface area contributed by atoms with E-state index in [9.17, 15) is 4.57 Å². The van der Waals surface area contributed by atoms with Crippen molar-refractivity contribution in [3.8, 4) is 0 Å². The molecule has 0 aromatic carbocycles. The Morgan fingerprint density at radius 2 is 1.14 bits per heavy atom. The third-order valence-corrected chi connectivity index (χ3v) is 4.54. The molecule has 0 aromatic heterocycles. The highest BCUT2D eigenvalue weighted by molar-refractivity contribution is 7.39. The van der Waals surface area contributed by atoms with E-state index in [0.29, 0.717) is 26.4 Å². The Morgan fingerprint density at radius 1 is 0.786 bits per heavy atom. The second-order valence-corrected chi connectivity index (χ2v) is 5.31. The second-order valence-electron chi connectivity index (χ2n) is 3.48. The number of ether oxygens (including phenoxy) is 2. The van der Waals surface area contributed by atoms with Crippen LogP contribution >= 0.6 is 8.10 Å². The molecule has 2 fully saturated rings. The molecular formula is C8H17N2O3P. The Bertz CT molecular complexity index is 183. The van der Waals surface area contributed by atoms with Crippen LogP contribution in [0.4, 0.5) is 0 Å². The van der Waals surface area contributed by atoms with Gasteiger partial charge in [0, 0.05) is 26.2 Å². The number of nitrogens with zero attached hydrogens (tertiary/aromatic N) is 2. The molecule has 0 atom stereocenters. The van der Waals surface area contributed by atoms with Crippen molar-refractivity contribution in [2.24, 2.45) is 0 Å². The van der Waals surface area contributed by atoms with Gasteiger partial charge in [-0.25, -0.2) is 9.34 Å². The molecule has 2 aliphatic rings. The third-order valence-electron chi connectivity index (χ3n) is 2.56. The highest BCUT2D eigenvalue weighted by Gasteiger charge is 2.23. The van der Waals surface area contributed by atoms with Crippen LogP contribution in [0.1, 0.15) is 0 Å². The quantitative estimate of drug-likeness (QED) is 0.615. The zero-order valence-corrected chi connectivity index (χ0v) is 9.28. The van der Waals surface area contributed by atoms with Gasteiger partial charge in [0.15, 0.2) is 0 Å². The van der Waals surface area contributed by atoms with Gasteiger partial charge >= 0.3 is 0 Å². The average molecular weight is 220 g/mol. The van der Waals surface area contributed by atoms with Gasteiger partial charge in [-0.2, -0.15) is 0 Å². The Balaban J connectivity index is 1.85. The number of hydrogen-bond acceptors (Lipinski definition) is 3. The maximum atomic E-state index is 12.1. The fourth-order valence-electron chi connectivity index (χ4n) is 1.71. The van der Waals surface area contributed by atoms with Crippen LogP contribution in [0, 0.1) is 0 Å². The standard InChI is InChI=1S/C8H17N2O3P/c11-14(9-1-5-12-6-2-9)10-3-7-13-8-4-10/h14H,1-8H2. The van der Waals surface area contributed by atoms with Crippen molar-refractivity contribution in [3.05, 3.63) is 0 Å². The largest absolute Gasteiger partial charge is 0.379 e. The van der Waals surface area contributed by atoms with E-state index in [2.05, 4.69) is 0 Å². The van der Waals surface area contributed by atoms with Crippen molar-refractivity contribution < 1.29 is 14.0 Å². The average Bonchev–Trinajstić information content (AvgIpc) is 2.30. The van der Waals surface area contributed by atoms with Crippen molar-refractivity contribution in [1.29, 1.82) is 0 Å². The first-order valence-electron chi connectivity index (χ1n) is 5.07. The number of hydrogen-bond donors (Lipinski definition) is 0.